The molecule has 1 aliphatic carbocycles. The van der Waals surface area contributed by atoms with E-state index in [-0.39, 0.29) is 16.9 Å². The second-order valence-electron chi connectivity index (χ2n) is 7.07. The number of halogens is 2. The predicted octanol–water partition coefficient (Wildman–Crippen LogP) is 4.17. The minimum atomic E-state index is -0.496. The first-order valence-corrected chi connectivity index (χ1v) is 7.38. The molecule has 1 aromatic carbocycles. The number of rotatable bonds is 5. The van der Waals surface area contributed by atoms with E-state index < -0.39 is 11.6 Å². The van der Waals surface area contributed by atoms with Crippen LogP contribution < -0.4 is 5.32 Å². The molecule has 2 rings (SSSR count). The van der Waals surface area contributed by atoms with E-state index in [9.17, 15) is 8.78 Å². The number of likely N-dealkylation sites (N-methyl/N-ethyl adjacent to an activating group) is 1. The summed E-state index contributed by atoms with van der Waals surface area (Å²) in [7, 11) is 0. The van der Waals surface area contributed by atoms with E-state index in [0.717, 1.165) is 18.2 Å². The third kappa shape index (κ3) is 2.60. The van der Waals surface area contributed by atoms with Crippen molar-refractivity contribution in [3.63, 3.8) is 0 Å². The van der Waals surface area contributed by atoms with E-state index in [1.807, 2.05) is 0 Å². The summed E-state index contributed by atoms with van der Waals surface area (Å²) in [5.41, 5.74) is 1.24. The summed E-state index contributed by atoms with van der Waals surface area (Å²) in [5, 5.41) is 3.50. The third-order valence-corrected chi connectivity index (χ3v) is 5.38. The maximum Gasteiger partial charge on any atom is 0.126 e. The Morgan fingerprint density at radius 3 is 1.95 bits per heavy atom. The van der Waals surface area contributed by atoms with Gasteiger partial charge in [0.2, 0.25) is 0 Å². The summed E-state index contributed by atoms with van der Waals surface area (Å²) >= 11 is 0. The van der Waals surface area contributed by atoms with Crippen molar-refractivity contribution in [3.05, 3.63) is 35.4 Å². The fraction of sp³-hybridized carbons (Fsp3) is 0.647. The number of benzene rings is 1. The Bertz CT molecular complexity index is 460. The molecule has 0 aliphatic heterocycles. The molecule has 3 heteroatoms. The number of hydrogen-bond acceptors (Lipinski definition) is 1. The molecular formula is C17H25F2N. The highest BCUT2D eigenvalue weighted by Crippen LogP contribution is 2.69. The van der Waals surface area contributed by atoms with Gasteiger partial charge in [-0.1, -0.05) is 34.6 Å². The van der Waals surface area contributed by atoms with Crippen molar-refractivity contribution < 1.29 is 8.78 Å². The summed E-state index contributed by atoms with van der Waals surface area (Å²) in [5.74, 6) is -0.476. The van der Waals surface area contributed by atoms with Gasteiger partial charge in [0.1, 0.15) is 11.6 Å². The topological polar surface area (TPSA) is 12.0 Å². The monoisotopic (exact) mass is 281 g/mol. The van der Waals surface area contributed by atoms with Gasteiger partial charge in [-0.25, -0.2) is 8.78 Å². The van der Waals surface area contributed by atoms with Gasteiger partial charge in [0.15, 0.2) is 0 Å². The van der Waals surface area contributed by atoms with Crippen molar-refractivity contribution >= 4 is 0 Å². The Hall–Kier alpha value is -0.960. The van der Waals surface area contributed by atoms with Gasteiger partial charge in [-0.15, -0.1) is 0 Å². The molecule has 1 aromatic rings. The van der Waals surface area contributed by atoms with Crippen LogP contribution >= 0.6 is 0 Å². The first-order valence-electron chi connectivity index (χ1n) is 7.38. The van der Waals surface area contributed by atoms with Crippen molar-refractivity contribution in [1.82, 2.24) is 5.32 Å². The molecule has 0 aromatic heterocycles. The van der Waals surface area contributed by atoms with Gasteiger partial charge in [0, 0.05) is 12.1 Å². The van der Waals surface area contributed by atoms with Gasteiger partial charge < -0.3 is 5.32 Å². The van der Waals surface area contributed by atoms with Crippen LogP contribution in [-0.2, 0) is 6.42 Å². The molecule has 1 aliphatic rings. The van der Waals surface area contributed by atoms with E-state index in [2.05, 4.69) is 39.9 Å². The maximum atomic E-state index is 13.3. The number of hydrogen-bond donors (Lipinski definition) is 1. The summed E-state index contributed by atoms with van der Waals surface area (Å²) < 4.78 is 26.6. The van der Waals surface area contributed by atoms with Crippen LogP contribution in [0.5, 0.6) is 0 Å². The molecule has 0 amide bonds. The average Bonchev–Trinajstić information content (AvgIpc) is 2.67. The fourth-order valence-corrected chi connectivity index (χ4v) is 3.81. The Labute approximate surface area is 120 Å². The van der Waals surface area contributed by atoms with Gasteiger partial charge in [-0.3, -0.25) is 0 Å². The van der Waals surface area contributed by atoms with Crippen LogP contribution in [0.15, 0.2) is 18.2 Å². The van der Waals surface area contributed by atoms with Crippen molar-refractivity contribution in [3.8, 4) is 0 Å². The second-order valence-corrected chi connectivity index (χ2v) is 7.07. The van der Waals surface area contributed by atoms with Crippen LogP contribution in [0.3, 0.4) is 0 Å². The minimum absolute atomic E-state index is 0.256. The van der Waals surface area contributed by atoms with E-state index in [1.165, 1.54) is 12.1 Å². The highest BCUT2D eigenvalue weighted by Gasteiger charge is 2.66. The molecule has 1 atom stereocenters. The number of nitrogens with one attached hydrogen (secondary N) is 1. The zero-order valence-corrected chi connectivity index (χ0v) is 13.1. The van der Waals surface area contributed by atoms with E-state index in [4.69, 9.17) is 0 Å². The zero-order chi connectivity index (χ0) is 15.1. The van der Waals surface area contributed by atoms with Crippen LogP contribution in [0.25, 0.3) is 0 Å². The maximum absolute atomic E-state index is 13.3. The largest absolute Gasteiger partial charge is 0.314 e. The molecule has 1 nitrogen and oxygen atoms in total. The molecule has 1 N–H and O–H groups in total. The highest BCUT2D eigenvalue weighted by atomic mass is 19.1. The van der Waals surface area contributed by atoms with Gasteiger partial charge >= 0.3 is 0 Å². The smallest absolute Gasteiger partial charge is 0.126 e. The zero-order valence-electron chi connectivity index (χ0n) is 13.1. The van der Waals surface area contributed by atoms with Crippen molar-refractivity contribution in [2.24, 2.45) is 16.7 Å². The Kier molecular flexibility index (Phi) is 3.94. The summed E-state index contributed by atoms with van der Waals surface area (Å²) in [6.45, 7) is 12.0. The summed E-state index contributed by atoms with van der Waals surface area (Å²) in [4.78, 5) is 0. The molecule has 0 heterocycles. The SMILES string of the molecule is CCNC(Cc1cc(F)cc(F)c1)C1C(C)(C)C1(C)C. The van der Waals surface area contributed by atoms with Gasteiger partial charge in [0.05, 0.1) is 0 Å². The van der Waals surface area contributed by atoms with Gasteiger partial charge in [-0.05, 0) is 47.4 Å². The normalized spacial score (nSPS) is 21.8. The van der Waals surface area contributed by atoms with Gasteiger partial charge in [0.25, 0.3) is 0 Å². The van der Waals surface area contributed by atoms with Gasteiger partial charge in [-0.2, -0.15) is 0 Å². The molecule has 0 bridgehead atoms. The Morgan fingerprint density at radius 2 is 1.55 bits per heavy atom. The molecule has 112 valence electrons. The van der Waals surface area contributed by atoms with Crippen LogP contribution in [0, 0.1) is 28.4 Å². The van der Waals surface area contributed by atoms with E-state index in [1.54, 1.807) is 0 Å². The van der Waals surface area contributed by atoms with Crippen molar-refractivity contribution in [2.75, 3.05) is 6.54 Å². The van der Waals surface area contributed by atoms with E-state index in [0.29, 0.717) is 12.3 Å². The average molecular weight is 281 g/mol. The first-order chi connectivity index (χ1) is 9.20. The molecule has 0 saturated heterocycles. The lowest BCUT2D eigenvalue weighted by Gasteiger charge is -2.20. The molecule has 0 spiro atoms. The quantitative estimate of drug-likeness (QED) is 0.854. The lowest BCUT2D eigenvalue weighted by atomic mass is 9.96. The standard InChI is InChI=1S/C17H25F2N/c1-6-20-14(15-16(2,3)17(15,4)5)9-11-7-12(18)10-13(19)8-11/h7-8,10,14-15,20H,6,9H2,1-5H3. The third-order valence-electron chi connectivity index (χ3n) is 5.38. The second kappa shape index (κ2) is 5.10. The van der Waals surface area contributed by atoms with Crippen LogP contribution in [0.4, 0.5) is 8.78 Å². The minimum Gasteiger partial charge on any atom is -0.314 e. The summed E-state index contributed by atoms with van der Waals surface area (Å²) in [6, 6.07) is 4.06. The molecule has 0 radical (unpaired) electrons. The Morgan fingerprint density at radius 1 is 1.05 bits per heavy atom. The van der Waals surface area contributed by atoms with Crippen LogP contribution in [0.1, 0.15) is 40.2 Å². The first kappa shape index (κ1) is 15.4. The molecule has 1 unspecified atom stereocenters. The Balaban J connectivity index is 2.19. The molecule has 1 saturated carbocycles. The fourth-order valence-electron chi connectivity index (χ4n) is 3.81. The highest BCUT2D eigenvalue weighted by molar-refractivity contribution is 5.23. The predicted molar refractivity (Wildman–Crippen MR) is 78.6 cm³/mol. The lowest BCUT2D eigenvalue weighted by molar-refractivity contribution is 0.402. The van der Waals surface area contributed by atoms with Crippen molar-refractivity contribution in [2.45, 2.75) is 47.1 Å². The lowest BCUT2D eigenvalue weighted by Crippen LogP contribution is -2.35. The molecular weight excluding hydrogens is 256 g/mol. The van der Waals surface area contributed by atoms with Crippen molar-refractivity contribution in [1.29, 1.82) is 0 Å². The molecule has 1 fully saturated rings. The summed E-state index contributed by atoms with van der Waals surface area (Å²) in [6.07, 6.45) is 0.667. The van der Waals surface area contributed by atoms with Crippen LogP contribution in [-0.4, -0.2) is 12.6 Å². The molecule has 20 heavy (non-hydrogen) atoms. The van der Waals surface area contributed by atoms with Crippen LogP contribution in [0.2, 0.25) is 0 Å². The van der Waals surface area contributed by atoms with E-state index >= 15 is 0 Å².